The molecule has 2 rings (SSSR count). The second-order valence-electron chi connectivity index (χ2n) is 9.28. The zero-order valence-corrected chi connectivity index (χ0v) is 21.5. The summed E-state index contributed by atoms with van der Waals surface area (Å²) in [5.74, 6) is 0.832. The Labute approximate surface area is 206 Å². The molecule has 0 spiro atoms. The topological polar surface area (TPSA) is 97.4 Å². The molecule has 2 aromatic carbocycles. The van der Waals surface area contributed by atoms with Crippen molar-refractivity contribution >= 4 is 23.8 Å². The molecule has 0 aromatic heterocycles. The van der Waals surface area contributed by atoms with Crippen LogP contribution in [0, 0.1) is 0 Å². The van der Waals surface area contributed by atoms with Crippen molar-refractivity contribution in [1.29, 1.82) is 0 Å². The number of benzene rings is 2. The monoisotopic (exact) mass is 485 g/mol. The number of amides is 3. The molecule has 190 valence electrons. The van der Waals surface area contributed by atoms with E-state index in [2.05, 4.69) is 5.32 Å². The van der Waals surface area contributed by atoms with Crippen molar-refractivity contribution in [2.24, 2.45) is 0 Å². The molecular weight excluding hydrogens is 450 g/mol. The van der Waals surface area contributed by atoms with Gasteiger partial charge in [-0.05, 0) is 50.6 Å². The molecule has 0 saturated heterocycles. The van der Waals surface area contributed by atoms with Crippen LogP contribution >= 0.6 is 0 Å². The summed E-state index contributed by atoms with van der Waals surface area (Å²) in [6, 6.07) is 13.7. The lowest BCUT2D eigenvalue weighted by molar-refractivity contribution is -0.114. The fourth-order valence-electron chi connectivity index (χ4n) is 3.15. The summed E-state index contributed by atoms with van der Waals surface area (Å²) in [6.45, 7) is 7.18. The summed E-state index contributed by atoms with van der Waals surface area (Å²) in [4.78, 5) is 38.8. The Morgan fingerprint density at radius 3 is 2.17 bits per heavy atom. The lowest BCUT2D eigenvalue weighted by Gasteiger charge is -2.31. The van der Waals surface area contributed by atoms with Crippen LogP contribution in [0.5, 0.6) is 11.5 Å². The maximum absolute atomic E-state index is 12.8. The molecule has 0 aliphatic heterocycles. The van der Waals surface area contributed by atoms with Crippen molar-refractivity contribution in [2.45, 2.75) is 45.8 Å². The number of rotatable bonds is 8. The number of carbonyl (C=O) groups excluding carboxylic acids is 3. The van der Waals surface area contributed by atoms with Gasteiger partial charge in [-0.3, -0.25) is 4.79 Å². The first-order chi connectivity index (χ1) is 16.4. The van der Waals surface area contributed by atoms with Crippen molar-refractivity contribution in [3.8, 4) is 11.5 Å². The Bertz CT molecular complexity index is 1010. The molecule has 9 nitrogen and oxygen atoms in total. The van der Waals surface area contributed by atoms with Gasteiger partial charge in [0, 0.05) is 46.2 Å². The highest BCUT2D eigenvalue weighted by atomic mass is 16.6. The first-order valence-electron chi connectivity index (χ1n) is 11.3. The minimum absolute atomic E-state index is 0.166. The number of ether oxygens (including phenoxy) is 3. The molecule has 0 saturated carbocycles. The van der Waals surface area contributed by atoms with Gasteiger partial charge in [-0.1, -0.05) is 18.2 Å². The van der Waals surface area contributed by atoms with Crippen molar-refractivity contribution < 1.29 is 28.6 Å². The minimum Gasteiger partial charge on any atom is -0.493 e. The summed E-state index contributed by atoms with van der Waals surface area (Å²) >= 11 is 0. The predicted molar refractivity (Wildman–Crippen MR) is 134 cm³/mol. The zero-order chi connectivity index (χ0) is 26.2. The van der Waals surface area contributed by atoms with Gasteiger partial charge < -0.3 is 29.3 Å². The third kappa shape index (κ3) is 9.19. The minimum atomic E-state index is -0.638. The highest BCUT2D eigenvalue weighted by Gasteiger charge is 2.26. The molecule has 3 amide bonds. The molecule has 9 heteroatoms. The summed E-state index contributed by atoms with van der Waals surface area (Å²) in [6.07, 6.45) is -0.468. The van der Waals surface area contributed by atoms with Gasteiger partial charge in [-0.15, -0.1) is 0 Å². The predicted octanol–water partition coefficient (Wildman–Crippen LogP) is 5.08. The zero-order valence-electron chi connectivity index (χ0n) is 21.5. The SMILES string of the molecule is CC(=O)Nc1cccc(OCCC(c2ccc(OC(=O)N(C)C)cc2)N(C)C(=O)OC(C)(C)C)c1. The number of hydrogen-bond acceptors (Lipinski definition) is 6. The van der Waals surface area contributed by atoms with Gasteiger partial charge in [-0.2, -0.15) is 0 Å². The fourth-order valence-corrected chi connectivity index (χ4v) is 3.15. The van der Waals surface area contributed by atoms with Gasteiger partial charge in [-0.25, -0.2) is 9.59 Å². The van der Waals surface area contributed by atoms with Gasteiger partial charge in [0.1, 0.15) is 17.1 Å². The molecule has 0 bridgehead atoms. The van der Waals surface area contributed by atoms with E-state index >= 15 is 0 Å². The van der Waals surface area contributed by atoms with Crippen LogP contribution < -0.4 is 14.8 Å². The normalized spacial score (nSPS) is 11.7. The molecule has 0 radical (unpaired) electrons. The Balaban J connectivity index is 2.17. The Kier molecular flexibility index (Phi) is 9.50. The van der Waals surface area contributed by atoms with Crippen LogP contribution in [0.1, 0.15) is 45.7 Å². The quantitative estimate of drug-likeness (QED) is 0.560. The number of nitrogens with one attached hydrogen (secondary N) is 1. The second kappa shape index (κ2) is 12.1. The Hall–Kier alpha value is -3.75. The van der Waals surface area contributed by atoms with Gasteiger partial charge in [0.2, 0.25) is 5.91 Å². The van der Waals surface area contributed by atoms with E-state index in [0.29, 0.717) is 30.2 Å². The summed E-state index contributed by atoms with van der Waals surface area (Å²) in [7, 11) is 4.89. The van der Waals surface area contributed by atoms with Crippen LogP contribution in [0.25, 0.3) is 0 Å². The van der Waals surface area contributed by atoms with Crippen molar-refractivity contribution in [3.05, 3.63) is 54.1 Å². The highest BCUT2D eigenvalue weighted by molar-refractivity contribution is 5.88. The van der Waals surface area contributed by atoms with Crippen LogP contribution in [0.2, 0.25) is 0 Å². The molecule has 2 aromatic rings. The number of anilines is 1. The highest BCUT2D eigenvalue weighted by Crippen LogP contribution is 2.28. The standard InChI is InChI=1S/C26H35N3O6/c1-18(30)27-20-9-8-10-22(17-20)33-16-15-23(29(7)25(32)35-26(2,3)4)19-11-13-21(14-12-19)34-24(31)28(5)6/h8-14,17,23H,15-16H2,1-7H3,(H,27,30). The van der Waals surface area contributed by atoms with Gasteiger partial charge in [0.25, 0.3) is 0 Å². The molecule has 1 N–H and O–H groups in total. The summed E-state index contributed by atoms with van der Waals surface area (Å²) in [5.41, 5.74) is 0.833. The molecular formula is C26H35N3O6. The smallest absolute Gasteiger partial charge is 0.414 e. The van der Waals surface area contributed by atoms with Crippen LogP contribution in [0.3, 0.4) is 0 Å². The number of carbonyl (C=O) groups is 3. The van der Waals surface area contributed by atoms with E-state index in [4.69, 9.17) is 14.2 Å². The van der Waals surface area contributed by atoms with E-state index in [1.807, 2.05) is 20.8 Å². The average Bonchev–Trinajstić information content (AvgIpc) is 2.75. The lowest BCUT2D eigenvalue weighted by Crippen LogP contribution is -2.37. The molecule has 1 atom stereocenters. The maximum Gasteiger partial charge on any atom is 0.414 e. The second-order valence-corrected chi connectivity index (χ2v) is 9.28. The molecule has 0 fully saturated rings. The lowest BCUT2D eigenvalue weighted by atomic mass is 10.0. The molecule has 0 aliphatic carbocycles. The molecule has 0 heterocycles. The van der Waals surface area contributed by atoms with Crippen LogP contribution in [0.4, 0.5) is 15.3 Å². The largest absolute Gasteiger partial charge is 0.493 e. The Morgan fingerprint density at radius 1 is 0.943 bits per heavy atom. The van der Waals surface area contributed by atoms with Crippen molar-refractivity contribution in [3.63, 3.8) is 0 Å². The summed E-state index contributed by atoms with van der Waals surface area (Å²) in [5, 5.41) is 2.72. The number of hydrogen-bond donors (Lipinski definition) is 1. The van der Waals surface area contributed by atoms with Crippen molar-refractivity contribution in [2.75, 3.05) is 33.1 Å². The molecule has 1 unspecified atom stereocenters. The maximum atomic E-state index is 12.8. The van der Waals surface area contributed by atoms with Crippen LogP contribution in [-0.2, 0) is 9.53 Å². The van der Waals surface area contributed by atoms with E-state index in [0.717, 1.165) is 5.56 Å². The first-order valence-corrected chi connectivity index (χ1v) is 11.3. The van der Waals surface area contributed by atoms with Gasteiger partial charge >= 0.3 is 12.2 Å². The Morgan fingerprint density at radius 2 is 1.60 bits per heavy atom. The van der Waals surface area contributed by atoms with Gasteiger partial charge in [0.15, 0.2) is 0 Å². The van der Waals surface area contributed by atoms with Crippen LogP contribution in [0.15, 0.2) is 48.5 Å². The van der Waals surface area contributed by atoms with E-state index in [-0.39, 0.29) is 11.9 Å². The molecule has 0 aliphatic rings. The average molecular weight is 486 g/mol. The molecule has 35 heavy (non-hydrogen) atoms. The summed E-state index contributed by atoms with van der Waals surface area (Å²) < 4.78 is 16.8. The van der Waals surface area contributed by atoms with E-state index < -0.39 is 17.8 Å². The first kappa shape index (κ1) is 27.5. The van der Waals surface area contributed by atoms with E-state index in [1.165, 1.54) is 16.7 Å². The number of nitrogens with zero attached hydrogens (tertiary/aromatic N) is 2. The van der Waals surface area contributed by atoms with Gasteiger partial charge in [0.05, 0.1) is 12.6 Å². The fraction of sp³-hybridized carbons (Fsp3) is 0.423. The third-order valence-electron chi connectivity index (χ3n) is 4.80. The third-order valence-corrected chi connectivity index (χ3v) is 4.80. The van der Waals surface area contributed by atoms with Crippen LogP contribution in [-0.4, -0.2) is 61.2 Å². The van der Waals surface area contributed by atoms with Crippen molar-refractivity contribution in [1.82, 2.24) is 9.80 Å². The van der Waals surface area contributed by atoms with E-state index in [9.17, 15) is 14.4 Å². The van der Waals surface area contributed by atoms with E-state index in [1.54, 1.807) is 69.7 Å².